The summed E-state index contributed by atoms with van der Waals surface area (Å²) in [5.41, 5.74) is 0. The number of likely N-dealkylation sites (tertiary alicyclic amines) is 1. The summed E-state index contributed by atoms with van der Waals surface area (Å²) < 4.78 is 32.4. The molecule has 9 nitrogen and oxygen atoms in total. The van der Waals surface area contributed by atoms with Crippen LogP contribution in [0.25, 0.3) is 0 Å². The number of nitrogens with one attached hydrogen (secondary N) is 3. The molecule has 30 heavy (non-hydrogen) atoms. The third-order valence-corrected chi connectivity index (χ3v) is 6.52. The van der Waals surface area contributed by atoms with Crippen LogP contribution >= 0.6 is 0 Å². The van der Waals surface area contributed by atoms with Gasteiger partial charge >= 0.3 is 0 Å². The Balaban J connectivity index is 1.79. The van der Waals surface area contributed by atoms with Crippen molar-refractivity contribution < 1.29 is 22.7 Å². The molecule has 0 aliphatic carbocycles. The van der Waals surface area contributed by atoms with E-state index in [4.69, 9.17) is 4.74 Å². The van der Waals surface area contributed by atoms with Crippen molar-refractivity contribution in [2.45, 2.75) is 50.1 Å². The van der Waals surface area contributed by atoms with E-state index in [9.17, 15) is 18.0 Å². The molecular formula is C20H32N4O5S. The SMILES string of the molecule is CCCNC(=O)CN1CCC(NC(=O)[C@H](C)NS(=O)(=O)c2ccc(OC)cc2)CC1. The average molecular weight is 441 g/mol. The molecule has 0 radical (unpaired) electrons. The fraction of sp³-hybridized carbons (Fsp3) is 0.600. The average Bonchev–Trinajstić information content (AvgIpc) is 2.73. The van der Waals surface area contributed by atoms with Gasteiger partial charge in [0.1, 0.15) is 5.75 Å². The summed E-state index contributed by atoms with van der Waals surface area (Å²) in [5, 5.41) is 5.76. The topological polar surface area (TPSA) is 117 Å². The van der Waals surface area contributed by atoms with Crippen molar-refractivity contribution in [3.63, 3.8) is 0 Å². The zero-order valence-corrected chi connectivity index (χ0v) is 18.6. The lowest BCUT2D eigenvalue weighted by molar-refractivity contribution is -0.124. The third kappa shape index (κ3) is 7.26. The number of hydrogen-bond donors (Lipinski definition) is 3. The highest BCUT2D eigenvalue weighted by molar-refractivity contribution is 7.89. The van der Waals surface area contributed by atoms with E-state index < -0.39 is 16.1 Å². The molecule has 1 aliphatic heterocycles. The van der Waals surface area contributed by atoms with Crippen LogP contribution in [-0.4, -0.2) is 70.5 Å². The molecule has 3 N–H and O–H groups in total. The van der Waals surface area contributed by atoms with Crippen LogP contribution < -0.4 is 20.1 Å². The van der Waals surface area contributed by atoms with E-state index in [-0.39, 0.29) is 22.8 Å². The van der Waals surface area contributed by atoms with Crippen LogP contribution in [0.3, 0.4) is 0 Å². The summed E-state index contributed by atoms with van der Waals surface area (Å²) in [6.45, 7) is 5.97. The molecule has 0 unspecified atom stereocenters. The molecule has 1 aliphatic rings. The highest BCUT2D eigenvalue weighted by Gasteiger charge is 2.26. The van der Waals surface area contributed by atoms with Gasteiger partial charge in [0.2, 0.25) is 21.8 Å². The highest BCUT2D eigenvalue weighted by atomic mass is 32.2. The van der Waals surface area contributed by atoms with Gasteiger partial charge in [-0.2, -0.15) is 4.72 Å². The first-order chi connectivity index (χ1) is 14.2. The van der Waals surface area contributed by atoms with Crippen molar-refractivity contribution in [2.75, 3.05) is 33.3 Å². The number of sulfonamides is 1. The van der Waals surface area contributed by atoms with Gasteiger partial charge in [-0.05, 0) is 50.5 Å². The fourth-order valence-corrected chi connectivity index (χ4v) is 4.40. The van der Waals surface area contributed by atoms with E-state index in [0.29, 0.717) is 44.8 Å². The van der Waals surface area contributed by atoms with Crippen LogP contribution in [0.5, 0.6) is 5.75 Å². The van der Waals surface area contributed by atoms with E-state index in [1.807, 2.05) is 6.92 Å². The van der Waals surface area contributed by atoms with E-state index in [1.54, 1.807) is 12.1 Å². The standard InChI is InChI=1S/C20H32N4O5S/c1-4-11-21-19(25)14-24-12-9-16(10-13-24)22-20(26)15(2)23-30(27,28)18-7-5-17(29-3)6-8-18/h5-8,15-16,23H,4,9-14H2,1-3H3,(H,21,25)(H,22,26)/t15-/m0/s1. The maximum Gasteiger partial charge on any atom is 0.241 e. The summed E-state index contributed by atoms with van der Waals surface area (Å²) in [7, 11) is -2.32. The van der Waals surface area contributed by atoms with Gasteiger partial charge in [0.15, 0.2) is 0 Å². The number of benzene rings is 1. The van der Waals surface area contributed by atoms with Gasteiger partial charge in [0.05, 0.1) is 24.6 Å². The summed E-state index contributed by atoms with van der Waals surface area (Å²) in [6, 6.07) is 5.01. The van der Waals surface area contributed by atoms with Crippen LogP contribution in [0.4, 0.5) is 0 Å². The smallest absolute Gasteiger partial charge is 0.241 e. The zero-order chi connectivity index (χ0) is 22.1. The molecule has 2 amide bonds. The lowest BCUT2D eigenvalue weighted by Gasteiger charge is -2.32. The Labute approximate surface area is 178 Å². The monoisotopic (exact) mass is 440 g/mol. The second-order valence-electron chi connectivity index (χ2n) is 7.43. The number of amides is 2. The predicted octanol–water partition coefficient (Wildman–Crippen LogP) is 0.469. The molecule has 0 bridgehead atoms. The van der Waals surface area contributed by atoms with Crippen molar-refractivity contribution >= 4 is 21.8 Å². The highest BCUT2D eigenvalue weighted by Crippen LogP contribution is 2.16. The van der Waals surface area contributed by atoms with Gasteiger partial charge in [-0.25, -0.2) is 8.42 Å². The lowest BCUT2D eigenvalue weighted by atomic mass is 10.0. The number of carbonyl (C=O) groups is 2. The van der Waals surface area contributed by atoms with Gasteiger partial charge in [-0.15, -0.1) is 0 Å². The fourth-order valence-electron chi connectivity index (χ4n) is 3.19. The maximum absolute atomic E-state index is 12.5. The molecule has 1 atom stereocenters. The van der Waals surface area contributed by atoms with Crippen LogP contribution in [0.1, 0.15) is 33.1 Å². The van der Waals surface area contributed by atoms with Crippen molar-refractivity contribution in [3.8, 4) is 5.75 Å². The number of rotatable bonds is 10. The van der Waals surface area contributed by atoms with Gasteiger partial charge in [-0.1, -0.05) is 6.92 Å². The number of nitrogens with zero attached hydrogens (tertiary/aromatic N) is 1. The summed E-state index contributed by atoms with van der Waals surface area (Å²) in [5.74, 6) is 0.195. The van der Waals surface area contributed by atoms with Gasteiger partial charge < -0.3 is 15.4 Å². The van der Waals surface area contributed by atoms with Crippen LogP contribution in [0, 0.1) is 0 Å². The van der Waals surface area contributed by atoms with Crippen LogP contribution in [0.15, 0.2) is 29.2 Å². The predicted molar refractivity (Wildman–Crippen MR) is 114 cm³/mol. The first kappa shape index (κ1) is 24.1. The number of methoxy groups -OCH3 is 1. The van der Waals surface area contributed by atoms with Crippen molar-refractivity contribution in [1.29, 1.82) is 0 Å². The molecule has 2 rings (SSSR count). The minimum absolute atomic E-state index is 0.0147. The van der Waals surface area contributed by atoms with Crippen molar-refractivity contribution in [1.82, 2.24) is 20.3 Å². The Morgan fingerprint density at radius 2 is 1.83 bits per heavy atom. The molecule has 1 aromatic rings. The molecular weight excluding hydrogens is 408 g/mol. The molecule has 10 heteroatoms. The summed E-state index contributed by atoms with van der Waals surface area (Å²) >= 11 is 0. The second-order valence-corrected chi connectivity index (χ2v) is 9.14. The summed E-state index contributed by atoms with van der Waals surface area (Å²) in [6.07, 6.45) is 2.33. The molecule has 0 saturated carbocycles. The molecule has 168 valence electrons. The normalized spacial score (nSPS) is 16.6. The Morgan fingerprint density at radius 3 is 2.40 bits per heavy atom. The minimum Gasteiger partial charge on any atom is -0.497 e. The van der Waals surface area contributed by atoms with E-state index in [0.717, 1.165) is 6.42 Å². The number of piperidine rings is 1. The Bertz CT molecular complexity index is 805. The van der Waals surface area contributed by atoms with E-state index in [1.165, 1.54) is 26.2 Å². The minimum atomic E-state index is -3.82. The number of carbonyl (C=O) groups excluding carboxylic acids is 2. The second kappa shape index (κ2) is 11.3. The Kier molecular flexibility index (Phi) is 9.07. The lowest BCUT2D eigenvalue weighted by Crippen LogP contribution is -2.51. The van der Waals surface area contributed by atoms with Crippen molar-refractivity contribution in [3.05, 3.63) is 24.3 Å². The number of ether oxygens (including phenoxy) is 1. The van der Waals surface area contributed by atoms with Crippen molar-refractivity contribution in [2.24, 2.45) is 0 Å². The third-order valence-electron chi connectivity index (χ3n) is 4.97. The Hall–Kier alpha value is -2.17. The molecule has 1 heterocycles. The van der Waals surface area contributed by atoms with E-state index >= 15 is 0 Å². The summed E-state index contributed by atoms with van der Waals surface area (Å²) in [4.78, 5) is 26.4. The van der Waals surface area contributed by atoms with Crippen LogP contribution in [-0.2, 0) is 19.6 Å². The molecule has 1 saturated heterocycles. The largest absolute Gasteiger partial charge is 0.497 e. The van der Waals surface area contributed by atoms with E-state index in [2.05, 4.69) is 20.3 Å². The quantitative estimate of drug-likeness (QED) is 0.487. The first-order valence-electron chi connectivity index (χ1n) is 10.2. The van der Waals surface area contributed by atoms with Gasteiger partial charge in [0, 0.05) is 25.7 Å². The van der Waals surface area contributed by atoms with Gasteiger partial charge in [0.25, 0.3) is 0 Å². The first-order valence-corrected chi connectivity index (χ1v) is 11.7. The maximum atomic E-state index is 12.5. The molecule has 1 aromatic carbocycles. The number of hydrogen-bond acceptors (Lipinski definition) is 6. The van der Waals surface area contributed by atoms with Gasteiger partial charge in [-0.3, -0.25) is 14.5 Å². The van der Waals surface area contributed by atoms with Crippen LogP contribution in [0.2, 0.25) is 0 Å². The zero-order valence-electron chi connectivity index (χ0n) is 17.8. The molecule has 1 fully saturated rings. The molecule has 0 spiro atoms. The Morgan fingerprint density at radius 1 is 1.20 bits per heavy atom. The molecule has 0 aromatic heterocycles.